The van der Waals surface area contributed by atoms with E-state index < -0.39 is 0 Å². The van der Waals surface area contributed by atoms with Crippen LogP contribution in [-0.2, 0) is 6.42 Å². The molecule has 0 saturated carbocycles. The molecule has 0 aliphatic heterocycles. The van der Waals surface area contributed by atoms with E-state index in [1.165, 1.54) is 7.11 Å². The lowest BCUT2D eigenvalue weighted by atomic mass is 10.0. The van der Waals surface area contributed by atoms with Crippen LogP contribution >= 0.6 is 0 Å². The maximum atomic E-state index is 14.1. The van der Waals surface area contributed by atoms with E-state index >= 15 is 0 Å². The lowest BCUT2D eigenvalue weighted by Crippen LogP contribution is -2.19. The molecule has 0 aliphatic carbocycles. The predicted octanol–water partition coefficient (Wildman–Crippen LogP) is 3.24. The predicted molar refractivity (Wildman–Crippen MR) is 71.9 cm³/mol. The van der Waals surface area contributed by atoms with Crippen LogP contribution in [0.25, 0.3) is 0 Å². The van der Waals surface area contributed by atoms with Crippen molar-refractivity contribution in [1.29, 1.82) is 0 Å². The van der Waals surface area contributed by atoms with Crippen LogP contribution < -0.4 is 10.1 Å². The third kappa shape index (κ3) is 2.79. The summed E-state index contributed by atoms with van der Waals surface area (Å²) in [6, 6.07) is 7.02. The van der Waals surface area contributed by atoms with Crippen molar-refractivity contribution in [1.82, 2.24) is 5.32 Å². The summed E-state index contributed by atoms with van der Waals surface area (Å²) in [5.41, 5.74) is 1.66. The van der Waals surface area contributed by atoms with E-state index in [1.807, 2.05) is 20.0 Å². The molecule has 1 N–H and O–H groups in total. The summed E-state index contributed by atoms with van der Waals surface area (Å²) in [4.78, 5) is 0. The molecule has 2 rings (SSSR count). The Labute approximate surface area is 112 Å². The number of ether oxygens (including phenoxy) is 1. The van der Waals surface area contributed by atoms with Crippen molar-refractivity contribution in [2.24, 2.45) is 0 Å². The van der Waals surface area contributed by atoms with Crippen molar-refractivity contribution < 1.29 is 13.5 Å². The number of nitrogens with one attached hydrogen (secondary N) is 1. The molecule has 0 aliphatic rings. The van der Waals surface area contributed by atoms with Gasteiger partial charge in [-0.2, -0.15) is 0 Å². The third-order valence-corrected chi connectivity index (χ3v) is 3.25. The second kappa shape index (κ2) is 5.89. The second-order valence-corrected chi connectivity index (χ2v) is 4.45. The highest BCUT2D eigenvalue weighted by molar-refractivity contribution is 5.32. The highest BCUT2D eigenvalue weighted by Gasteiger charge is 2.18. The first-order valence-corrected chi connectivity index (χ1v) is 6.20. The molecule has 0 spiro atoms. The van der Waals surface area contributed by atoms with Gasteiger partial charge in [-0.3, -0.25) is 0 Å². The number of hydrogen-bond donors (Lipinski definition) is 1. The van der Waals surface area contributed by atoms with Gasteiger partial charge in [-0.1, -0.05) is 12.1 Å². The normalized spacial score (nSPS) is 12.4. The van der Waals surface area contributed by atoms with E-state index in [0.29, 0.717) is 12.0 Å². The zero-order valence-electron chi connectivity index (χ0n) is 11.4. The van der Waals surface area contributed by atoms with Gasteiger partial charge in [0.25, 0.3) is 0 Å². The molecule has 0 saturated heterocycles. The average Bonchev–Trinajstić information content (AvgIpc) is 2.84. The summed E-state index contributed by atoms with van der Waals surface area (Å²) in [5, 5.41) is 3.16. The Bertz CT molecular complexity index is 551. The van der Waals surface area contributed by atoms with Gasteiger partial charge in [0, 0.05) is 0 Å². The van der Waals surface area contributed by atoms with Crippen molar-refractivity contribution >= 4 is 0 Å². The molecule has 1 aromatic carbocycles. The van der Waals surface area contributed by atoms with Crippen LogP contribution in [0.1, 0.15) is 22.9 Å². The third-order valence-electron chi connectivity index (χ3n) is 3.25. The van der Waals surface area contributed by atoms with Crippen LogP contribution in [-0.4, -0.2) is 14.2 Å². The van der Waals surface area contributed by atoms with Crippen LogP contribution in [0.4, 0.5) is 4.39 Å². The Balaban J connectivity index is 2.27. The van der Waals surface area contributed by atoms with Gasteiger partial charge in [0.15, 0.2) is 11.6 Å². The minimum Gasteiger partial charge on any atom is -0.494 e. The van der Waals surface area contributed by atoms with Gasteiger partial charge in [-0.15, -0.1) is 0 Å². The van der Waals surface area contributed by atoms with E-state index in [2.05, 4.69) is 5.32 Å². The molecule has 2 aromatic rings. The first-order chi connectivity index (χ1) is 9.17. The number of rotatable bonds is 5. The van der Waals surface area contributed by atoms with Crippen LogP contribution in [0.5, 0.6) is 5.75 Å². The Morgan fingerprint density at radius 1 is 1.37 bits per heavy atom. The summed E-state index contributed by atoms with van der Waals surface area (Å²) in [7, 11) is 3.30. The second-order valence-electron chi connectivity index (χ2n) is 4.45. The van der Waals surface area contributed by atoms with Gasteiger partial charge < -0.3 is 14.5 Å². The Hall–Kier alpha value is -1.81. The molecule has 0 fully saturated rings. The van der Waals surface area contributed by atoms with E-state index in [1.54, 1.807) is 24.5 Å². The van der Waals surface area contributed by atoms with E-state index in [0.717, 1.165) is 11.3 Å². The average molecular weight is 263 g/mol. The van der Waals surface area contributed by atoms with Crippen LogP contribution in [0.15, 0.2) is 34.9 Å². The molecule has 4 heteroatoms. The summed E-state index contributed by atoms with van der Waals surface area (Å²) in [6.07, 6.45) is 2.16. The van der Waals surface area contributed by atoms with Gasteiger partial charge in [0.2, 0.25) is 0 Å². The van der Waals surface area contributed by atoms with E-state index in [4.69, 9.17) is 9.15 Å². The number of halogens is 1. The molecule has 102 valence electrons. The smallest absolute Gasteiger partial charge is 0.168 e. The van der Waals surface area contributed by atoms with Crippen LogP contribution in [0.2, 0.25) is 0 Å². The standard InChI is InChI=1S/C15H18FNO2/c1-10-7-8-19-15(10)12(17-2)9-11-5-4-6-13(18-3)14(11)16/h4-8,12,17H,9H2,1-3H3. The Morgan fingerprint density at radius 3 is 2.74 bits per heavy atom. The highest BCUT2D eigenvalue weighted by Crippen LogP contribution is 2.26. The van der Waals surface area contributed by atoms with E-state index in [9.17, 15) is 4.39 Å². The molecule has 1 heterocycles. The van der Waals surface area contributed by atoms with Crippen molar-refractivity contribution in [3.63, 3.8) is 0 Å². The molecule has 3 nitrogen and oxygen atoms in total. The number of benzene rings is 1. The highest BCUT2D eigenvalue weighted by atomic mass is 19.1. The molecule has 1 aromatic heterocycles. The summed E-state index contributed by atoms with van der Waals surface area (Å²) in [6.45, 7) is 1.98. The first kappa shape index (κ1) is 13.6. The van der Waals surface area contributed by atoms with E-state index in [-0.39, 0.29) is 17.6 Å². The minimum absolute atomic E-state index is 0.0587. The number of likely N-dealkylation sites (N-methyl/N-ethyl adjacent to an activating group) is 1. The first-order valence-electron chi connectivity index (χ1n) is 6.20. The minimum atomic E-state index is -0.311. The number of furan rings is 1. The van der Waals surface area contributed by atoms with Crippen molar-refractivity contribution in [3.8, 4) is 5.75 Å². The quantitative estimate of drug-likeness (QED) is 0.899. The fourth-order valence-electron chi connectivity index (χ4n) is 2.16. The molecular formula is C15H18FNO2. The molecule has 0 radical (unpaired) electrons. The van der Waals surface area contributed by atoms with Crippen molar-refractivity contribution in [3.05, 3.63) is 53.2 Å². The van der Waals surface area contributed by atoms with Gasteiger partial charge in [-0.05, 0) is 43.7 Å². The molecular weight excluding hydrogens is 245 g/mol. The number of aryl methyl sites for hydroxylation is 1. The zero-order valence-corrected chi connectivity index (χ0v) is 11.4. The monoisotopic (exact) mass is 263 g/mol. The largest absolute Gasteiger partial charge is 0.494 e. The molecule has 19 heavy (non-hydrogen) atoms. The molecule has 0 bridgehead atoms. The SMILES string of the molecule is CNC(Cc1cccc(OC)c1F)c1occc1C. The van der Waals surface area contributed by atoms with Gasteiger partial charge in [-0.25, -0.2) is 4.39 Å². The Kier molecular flexibility index (Phi) is 4.22. The van der Waals surface area contributed by atoms with Crippen molar-refractivity contribution in [2.75, 3.05) is 14.2 Å². The fraction of sp³-hybridized carbons (Fsp3) is 0.333. The van der Waals surface area contributed by atoms with Crippen LogP contribution in [0, 0.1) is 12.7 Å². The topological polar surface area (TPSA) is 34.4 Å². The van der Waals surface area contributed by atoms with Gasteiger partial charge in [0.05, 0.1) is 19.4 Å². The van der Waals surface area contributed by atoms with Crippen LogP contribution in [0.3, 0.4) is 0 Å². The summed E-state index contributed by atoms with van der Waals surface area (Å²) >= 11 is 0. The number of methoxy groups -OCH3 is 1. The zero-order chi connectivity index (χ0) is 13.8. The van der Waals surface area contributed by atoms with Crippen molar-refractivity contribution in [2.45, 2.75) is 19.4 Å². The molecule has 1 unspecified atom stereocenters. The molecule has 1 atom stereocenters. The summed E-state index contributed by atoms with van der Waals surface area (Å²) < 4.78 is 24.6. The maximum Gasteiger partial charge on any atom is 0.168 e. The molecule has 0 amide bonds. The lowest BCUT2D eigenvalue weighted by molar-refractivity contribution is 0.379. The van der Waals surface area contributed by atoms with Gasteiger partial charge >= 0.3 is 0 Å². The summed E-state index contributed by atoms with van der Waals surface area (Å²) in [5.74, 6) is 0.794. The lowest BCUT2D eigenvalue weighted by Gasteiger charge is -2.16. The number of hydrogen-bond acceptors (Lipinski definition) is 3. The fourth-order valence-corrected chi connectivity index (χ4v) is 2.16. The Morgan fingerprint density at radius 2 is 2.16 bits per heavy atom. The maximum absolute atomic E-state index is 14.1. The van der Waals surface area contributed by atoms with Gasteiger partial charge in [0.1, 0.15) is 5.76 Å².